The molecule has 0 atom stereocenters. The van der Waals surface area contributed by atoms with Gasteiger partial charge in [0.15, 0.2) is 0 Å². The Morgan fingerprint density at radius 2 is 1.83 bits per heavy atom. The second-order valence-electron chi connectivity index (χ2n) is 5.68. The fourth-order valence-electron chi connectivity index (χ4n) is 3.19. The summed E-state index contributed by atoms with van der Waals surface area (Å²) in [4.78, 5) is 0. The lowest BCUT2D eigenvalue weighted by Gasteiger charge is -2.45. The van der Waals surface area contributed by atoms with Crippen LogP contribution in [-0.4, -0.2) is 26.3 Å². The first-order valence-corrected chi connectivity index (χ1v) is 7.21. The highest BCUT2D eigenvalue weighted by atomic mass is 35.5. The Hall–Kier alpha value is -0.570. The Balaban J connectivity index is 1.74. The van der Waals surface area contributed by atoms with E-state index in [0.717, 1.165) is 24.2 Å². The number of ether oxygens (including phenoxy) is 1. The van der Waals surface area contributed by atoms with E-state index in [2.05, 4.69) is 17.4 Å². The standard InChI is InChI=1S/C15H20ClNO/c16-14-3-1-13(2-4-14)15(10-18-11-15)9-12-5-7-17-8-6-12/h1-4,12,17H,5-11H2. The van der Waals surface area contributed by atoms with E-state index in [-0.39, 0.29) is 5.41 Å². The van der Waals surface area contributed by atoms with Gasteiger partial charge in [-0.15, -0.1) is 0 Å². The minimum atomic E-state index is 0.257. The van der Waals surface area contributed by atoms with Crippen molar-refractivity contribution in [1.29, 1.82) is 0 Å². The number of halogens is 1. The average Bonchev–Trinajstić information content (AvgIpc) is 2.36. The van der Waals surface area contributed by atoms with Crippen molar-refractivity contribution < 1.29 is 4.74 Å². The summed E-state index contributed by atoms with van der Waals surface area (Å²) in [6, 6.07) is 8.34. The highest BCUT2D eigenvalue weighted by Gasteiger charge is 2.41. The van der Waals surface area contributed by atoms with Crippen molar-refractivity contribution in [3.05, 3.63) is 34.9 Å². The third-order valence-corrected chi connectivity index (χ3v) is 4.60. The van der Waals surface area contributed by atoms with Gasteiger partial charge in [-0.05, 0) is 56.0 Å². The van der Waals surface area contributed by atoms with E-state index in [1.165, 1.54) is 37.9 Å². The molecule has 1 aromatic carbocycles. The molecule has 0 amide bonds. The topological polar surface area (TPSA) is 21.3 Å². The third kappa shape index (κ3) is 2.42. The van der Waals surface area contributed by atoms with Gasteiger partial charge >= 0.3 is 0 Å². The SMILES string of the molecule is Clc1ccc(C2(CC3CCNCC3)COC2)cc1. The Morgan fingerprint density at radius 1 is 1.17 bits per heavy atom. The molecular weight excluding hydrogens is 246 g/mol. The Morgan fingerprint density at radius 3 is 2.39 bits per heavy atom. The maximum absolute atomic E-state index is 5.98. The van der Waals surface area contributed by atoms with Gasteiger partial charge in [-0.2, -0.15) is 0 Å². The molecule has 0 saturated carbocycles. The molecule has 1 N–H and O–H groups in total. The van der Waals surface area contributed by atoms with E-state index in [9.17, 15) is 0 Å². The monoisotopic (exact) mass is 265 g/mol. The number of rotatable bonds is 3. The van der Waals surface area contributed by atoms with Gasteiger partial charge in [0.2, 0.25) is 0 Å². The molecule has 0 radical (unpaired) electrons. The Kier molecular flexibility index (Phi) is 3.60. The van der Waals surface area contributed by atoms with Crippen LogP contribution in [0, 0.1) is 5.92 Å². The first-order chi connectivity index (χ1) is 8.78. The van der Waals surface area contributed by atoms with Crippen molar-refractivity contribution in [2.45, 2.75) is 24.7 Å². The summed E-state index contributed by atoms with van der Waals surface area (Å²) in [5.41, 5.74) is 1.66. The second kappa shape index (κ2) is 5.20. The molecule has 0 spiro atoms. The van der Waals surface area contributed by atoms with Crippen LogP contribution in [0.5, 0.6) is 0 Å². The quantitative estimate of drug-likeness (QED) is 0.907. The fourth-order valence-corrected chi connectivity index (χ4v) is 3.32. The molecule has 0 bridgehead atoms. The van der Waals surface area contributed by atoms with Crippen LogP contribution >= 0.6 is 11.6 Å². The van der Waals surface area contributed by atoms with E-state index in [0.29, 0.717) is 0 Å². The van der Waals surface area contributed by atoms with Crippen molar-refractivity contribution in [3.8, 4) is 0 Å². The van der Waals surface area contributed by atoms with Crippen molar-refractivity contribution in [3.63, 3.8) is 0 Å². The van der Waals surface area contributed by atoms with Gasteiger partial charge in [-0.1, -0.05) is 23.7 Å². The van der Waals surface area contributed by atoms with Gasteiger partial charge in [0.1, 0.15) is 0 Å². The zero-order chi connectivity index (χ0) is 12.4. The molecule has 0 aliphatic carbocycles. The largest absolute Gasteiger partial charge is 0.379 e. The zero-order valence-electron chi connectivity index (χ0n) is 10.6. The lowest BCUT2D eigenvalue weighted by Crippen LogP contribution is -2.49. The van der Waals surface area contributed by atoms with Crippen molar-refractivity contribution in [2.24, 2.45) is 5.92 Å². The molecule has 0 aromatic heterocycles. The summed E-state index contributed by atoms with van der Waals surface area (Å²) >= 11 is 5.98. The van der Waals surface area contributed by atoms with Crippen LogP contribution in [0.15, 0.2) is 24.3 Å². The first kappa shape index (κ1) is 12.5. The summed E-state index contributed by atoms with van der Waals surface area (Å²) in [5, 5.41) is 4.25. The zero-order valence-corrected chi connectivity index (χ0v) is 11.4. The fraction of sp³-hybridized carbons (Fsp3) is 0.600. The first-order valence-electron chi connectivity index (χ1n) is 6.83. The number of benzene rings is 1. The van der Waals surface area contributed by atoms with Crippen LogP contribution in [0.1, 0.15) is 24.8 Å². The molecule has 18 heavy (non-hydrogen) atoms. The van der Waals surface area contributed by atoms with Crippen molar-refractivity contribution in [1.82, 2.24) is 5.32 Å². The lowest BCUT2D eigenvalue weighted by molar-refractivity contribution is -0.0731. The Bertz CT molecular complexity index is 393. The predicted octanol–water partition coefficient (Wildman–Crippen LogP) is 3.00. The summed E-state index contributed by atoms with van der Waals surface area (Å²) in [6.45, 7) is 4.08. The smallest absolute Gasteiger partial charge is 0.0585 e. The highest BCUT2D eigenvalue weighted by Crippen LogP contribution is 2.40. The summed E-state index contributed by atoms with van der Waals surface area (Å²) in [5.74, 6) is 0.839. The average molecular weight is 266 g/mol. The maximum atomic E-state index is 5.98. The number of piperidine rings is 1. The third-order valence-electron chi connectivity index (χ3n) is 4.35. The number of hydrogen-bond donors (Lipinski definition) is 1. The second-order valence-corrected chi connectivity index (χ2v) is 6.11. The van der Waals surface area contributed by atoms with Gasteiger partial charge < -0.3 is 10.1 Å². The van der Waals surface area contributed by atoms with E-state index in [4.69, 9.17) is 16.3 Å². The molecule has 3 heteroatoms. The molecule has 2 aliphatic rings. The molecule has 2 saturated heterocycles. The molecular formula is C15H20ClNO. The van der Waals surface area contributed by atoms with Crippen LogP contribution in [0.3, 0.4) is 0 Å². The molecule has 3 rings (SSSR count). The predicted molar refractivity (Wildman–Crippen MR) is 74.2 cm³/mol. The molecule has 2 aliphatic heterocycles. The van der Waals surface area contributed by atoms with Crippen molar-refractivity contribution >= 4 is 11.6 Å². The molecule has 98 valence electrons. The maximum Gasteiger partial charge on any atom is 0.0585 e. The molecule has 2 nitrogen and oxygen atoms in total. The van der Waals surface area contributed by atoms with Crippen LogP contribution in [-0.2, 0) is 10.2 Å². The normalized spacial score (nSPS) is 23.6. The van der Waals surface area contributed by atoms with Gasteiger partial charge in [0.25, 0.3) is 0 Å². The highest BCUT2D eigenvalue weighted by molar-refractivity contribution is 6.30. The van der Waals surface area contributed by atoms with E-state index in [1.54, 1.807) is 0 Å². The van der Waals surface area contributed by atoms with E-state index in [1.807, 2.05) is 12.1 Å². The summed E-state index contributed by atoms with van der Waals surface area (Å²) < 4.78 is 5.52. The van der Waals surface area contributed by atoms with Gasteiger partial charge in [0.05, 0.1) is 13.2 Å². The van der Waals surface area contributed by atoms with Crippen LogP contribution in [0.25, 0.3) is 0 Å². The molecule has 0 unspecified atom stereocenters. The number of hydrogen-bond acceptors (Lipinski definition) is 2. The van der Waals surface area contributed by atoms with Crippen LogP contribution < -0.4 is 5.32 Å². The van der Waals surface area contributed by atoms with E-state index < -0.39 is 0 Å². The van der Waals surface area contributed by atoms with Gasteiger partial charge in [0, 0.05) is 10.4 Å². The van der Waals surface area contributed by atoms with E-state index >= 15 is 0 Å². The molecule has 2 fully saturated rings. The molecule has 1 aromatic rings. The summed E-state index contributed by atoms with van der Waals surface area (Å²) in [6.07, 6.45) is 3.86. The van der Waals surface area contributed by atoms with Gasteiger partial charge in [-0.25, -0.2) is 0 Å². The van der Waals surface area contributed by atoms with Crippen LogP contribution in [0.2, 0.25) is 5.02 Å². The van der Waals surface area contributed by atoms with Gasteiger partial charge in [-0.3, -0.25) is 0 Å². The Labute approximate surface area is 114 Å². The molecule has 2 heterocycles. The number of nitrogens with one attached hydrogen (secondary N) is 1. The van der Waals surface area contributed by atoms with Crippen molar-refractivity contribution in [2.75, 3.05) is 26.3 Å². The lowest BCUT2D eigenvalue weighted by atomic mass is 9.70. The van der Waals surface area contributed by atoms with Crippen LogP contribution in [0.4, 0.5) is 0 Å². The minimum Gasteiger partial charge on any atom is -0.379 e. The minimum absolute atomic E-state index is 0.257. The summed E-state index contributed by atoms with van der Waals surface area (Å²) in [7, 11) is 0.